The van der Waals surface area contributed by atoms with Crippen LogP contribution in [0.5, 0.6) is 0 Å². The minimum atomic E-state index is -1.30. The molecule has 1 heterocycles. The predicted molar refractivity (Wildman–Crippen MR) is 93.9 cm³/mol. The summed E-state index contributed by atoms with van der Waals surface area (Å²) in [5.74, 6) is -3.66. The Kier molecular flexibility index (Phi) is 6.47. The van der Waals surface area contributed by atoms with Crippen molar-refractivity contribution >= 4 is 27.8 Å². The van der Waals surface area contributed by atoms with Crippen LogP contribution in [0.2, 0.25) is 0 Å². The minimum Gasteiger partial charge on any atom is -0.465 e. The van der Waals surface area contributed by atoms with Crippen LogP contribution >= 0.6 is 15.9 Å². The van der Waals surface area contributed by atoms with E-state index in [0.717, 1.165) is 26.0 Å². The van der Waals surface area contributed by atoms with Crippen molar-refractivity contribution in [2.45, 2.75) is 32.7 Å². The Balaban J connectivity index is 2.49. The monoisotopic (exact) mass is 429 g/mol. The summed E-state index contributed by atoms with van der Waals surface area (Å²) in [6.07, 6.45) is 2.25. The number of aryl methyl sites for hydroxylation is 1. The molecule has 0 fully saturated rings. The molecule has 26 heavy (non-hydrogen) atoms. The van der Waals surface area contributed by atoms with E-state index in [0.29, 0.717) is 12.2 Å². The summed E-state index contributed by atoms with van der Waals surface area (Å²) in [6.45, 7) is 1.85. The van der Waals surface area contributed by atoms with E-state index in [9.17, 15) is 18.4 Å². The summed E-state index contributed by atoms with van der Waals surface area (Å²) in [5, 5.41) is 0. The maximum atomic E-state index is 14.4. The lowest BCUT2D eigenvalue weighted by Crippen LogP contribution is -2.20. The molecule has 140 valence electrons. The Hall–Kier alpha value is -2.29. The van der Waals surface area contributed by atoms with Crippen molar-refractivity contribution in [2.24, 2.45) is 5.73 Å². The van der Waals surface area contributed by atoms with E-state index in [1.807, 2.05) is 6.92 Å². The van der Waals surface area contributed by atoms with E-state index in [2.05, 4.69) is 25.7 Å². The van der Waals surface area contributed by atoms with E-state index in [1.165, 1.54) is 10.6 Å². The molecule has 0 radical (unpaired) electrons. The van der Waals surface area contributed by atoms with E-state index < -0.39 is 29.1 Å². The van der Waals surface area contributed by atoms with Gasteiger partial charge in [0.15, 0.2) is 11.6 Å². The molecule has 0 bridgehead atoms. The highest BCUT2D eigenvalue weighted by atomic mass is 79.9. The van der Waals surface area contributed by atoms with E-state index in [1.54, 1.807) is 0 Å². The minimum absolute atomic E-state index is 0.0414. The maximum absolute atomic E-state index is 14.4. The number of carbonyl (C=O) groups excluding carboxylic acids is 2. The first-order valence-electron chi connectivity index (χ1n) is 7.91. The van der Waals surface area contributed by atoms with Crippen LogP contribution in [0, 0.1) is 11.6 Å². The normalized spacial score (nSPS) is 10.8. The number of halogens is 3. The van der Waals surface area contributed by atoms with Crippen molar-refractivity contribution in [3.8, 4) is 0 Å². The van der Waals surface area contributed by atoms with Gasteiger partial charge < -0.3 is 15.0 Å². The van der Waals surface area contributed by atoms with Gasteiger partial charge in [-0.25, -0.2) is 18.6 Å². The van der Waals surface area contributed by atoms with Gasteiger partial charge in [-0.15, -0.1) is 0 Å². The molecule has 9 heteroatoms. The van der Waals surface area contributed by atoms with E-state index in [4.69, 9.17) is 5.73 Å². The molecule has 0 saturated heterocycles. The van der Waals surface area contributed by atoms with E-state index >= 15 is 0 Å². The second-order valence-electron chi connectivity index (χ2n) is 5.61. The smallest absolute Gasteiger partial charge is 0.340 e. The molecule has 2 rings (SSSR count). The van der Waals surface area contributed by atoms with Crippen molar-refractivity contribution in [1.29, 1.82) is 0 Å². The SMILES string of the molecule is CCCCc1nc(Br)c(C(N)=O)n1Cc1ccc(C(=O)OC)c(F)c1F. The fourth-order valence-electron chi connectivity index (χ4n) is 2.55. The summed E-state index contributed by atoms with van der Waals surface area (Å²) in [5.41, 5.74) is 4.94. The lowest BCUT2D eigenvalue weighted by Gasteiger charge is -2.12. The first-order valence-corrected chi connectivity index (χ1v) is 8.70. The molecule has 1 aromatic heterocycles. The Morgan fingerprint density at radius 3 is 2.58 bits per heavy atom. The summed E-state index contributed by atoms with van der Waals surface area (Å²) < 4.78 is 34.7. The number of benzene rings is 1. The number of nitrogens with two attached hydrogens (primary N) is 1. The van der Waals surface area contributed by atoms with Crippen molar-refractivity contribution in [1.82, 2.24) is 9.55 Å². The number of nitrogens with zero attached hydrogens (tertiary/aromatic N) is 2. The molecular formula is C17H18BrF2N3O3. The average Bonchev–Trinajstić information content (AvgIpc) is 2.92. The summed E-state index contributed by atoms with van der Waals surface area (Å²) >= 11 is 3.19. The number of esters is 1. The highest BCUT2D eigenvalue weighted by Gasteiger charge is 2.23. The first-order chi connectivity index (χ1) is 12.3. The van der Waals surface area contributed by atoms with Crippen molar-refractivity contribution in [3.05, 3.63) is 51.0 Å². The zero-order valence-corrected chi connectivity index (χ0v) is 15.9. The van der Waals surface area contributed by atoms with Gasteiger partial charge in [-0.1, -0.05) is 19.4 Å². The van der Waals surface area contributed by atoms with Crippen LogP contribution in [0.1, 0.15) is 52.0 Å². The predicted octanol–water partition coefficient (Wildman–Crippen LogP) is 3.20. The van der Waals surface area contributed by atoms with Crippen molar-refractivity contribution in [3.63, 3.8) is 0 Å². The highest BCUT2D eigenvalue weighted by molar-refractivity contribution is 9.10. The molecule has 1 aromatic carbocycles. The number of rotatable bonds is 7. The van der Waals surface area contributed by atoms with Gasteiger partial charge in [0.05, 0.1) is 19.2 Å². The van der Waals surface area contributed by atoms with Gasteiger partial charge in [0.25, 0.3) is 5.91 Å². The summed E-state index contributed by atoms with van der Waals surface area (Å²) in [7, 11) is 1.08. The molecule has 2 N–H and O–H groups in total. The lowest BCUT2D eigenvalue weighted by atomic mass is 10.1. The molecule has 0 aliphatic heterocycles. The maximum Gasteiger partial charge on any atom is 0.340 e. The number of amides is 1. The lowest BCUT2D eigenvalue weighted by molar-refractivity contribution is 0.0594. The van der Waals surface area contributed by atoms with Gasteiger partial charge in [-0.3, -0.25) is 4.79 Å². The second-order valence-corrected chi connectivity index (χ2v) is 6.36. The number of imidazole rings is 1. The zero-order chi connectivity index (χ0) is 19.4. The number of unbranched alkanes of at least 4 members (excludes halogenated alkanes) is 1. The van der Waals surface area contributed by atoms with Crippen LogP contribution in [0.25, 0.3) is 0 Å². The number of primary amides is 1. The fourth-order valence-corrected chi connectivity index (χ4v) is 3.16. The van der Waals surface area contributed by atoms with Crippen molar-refractivity contribution in [2.75, 3.05) is 7.11 Å². The van der Waals surface area contributed by atoms with Crippen LogP contribution in [0.3, 0.4) is 0 Å². The fraction of sp³-hybridized carbons (Fsp3) is 0.353. The van der Waals surface area contributed by atoms with Crippen LogP contribution < -0.4 is 5.73 Å². The summed E-state index contributed by atoms with van der Waals surface area (Å²) in [6, 6.07) is 2.41. The van der Waals surface area contributed by atoms with Crippen LogP contribution in [0.15, 0.2) is 16.7 Å². The van der Waals surface area contributed by atoms with Crippen LogP contribution in [-0.4, -0.2) is 28.5 Å². The van der Waals surface area contributed by atoms with Gasteiger partial charge in [0.1, 0.15) is 16.1 Å². The van der Waals surface area contributed by atoms with Gasteiger partial charge in [0, 0.05) is 12.0 Å². The van der Waals surface area contributed by atoms with Crippen LogP contribution in [-0.2, 0) is 17.7 Å². The van der Waals surface area contributed by atoms with E-state index in [-0.39, 0.29) is 22.4 Å². The standard InChI is InChI=1S/C17H18BrF2N3O3/c1-3-4-5-11-22-15(18)14(16(21)24)23(11)8-9-6-7-10(17(25)26-2)13(20)12(9)19/h6-7H,3-5,8H2,1-2H3,(H2,21,24). The van der Waals surface area contributed by atoms with Gasteiger partial charge in [-0.05, 0) is 28.4 Å². The zero-order valence-electron chi connectivity index (χ0n) is 14.3. The molecule has 0 aliphatic rings. The van der Waals surface area contributed by atoms with Gasteiger partial charge in [-0.2, -0.15) is 0 Å². The van der Waals surface area contributed by atoms with Crippen molar-refractivity contribution < 1.29 is 23.1 Å². The third-order valence-electron chi connectivity index (χ3n) is 3.89. The molecule has 2 aromatic rings. The number of carbonyl (C=O) groups is 2. The first kappa shape index (κ1) is 20.0. The number of aromatic nitrogens is 2. The number of hydrogen-bond acceptors (Lipinski definition) is 4. The summed E-state index contributed by atoms with van der Waals surface area (Å²) in [4.78, 5) is 27.5. The molecule has 0 unspecified atom stereocenters. The Morgan fingerprint density at radius 2 is 2.00 bits per heavy atom. The van der Waals surface area contributed by atoms with Crippen LogP contribution in [0.4, 0.5) is 8.78 Å². The number of methoxy groups -OCH3 is 1. The molecule has 6 nitrogen and oxygen atoms in total. The molecule has 0 saturated carbocycles. The number of hydrogen-bond donors (Lipinski definition) is 1. The Morgan fingerprint density at radius 1 is 1.31 bits per heavy atom. The molecule has 0 aliphatic carbocycles. The largest absolute Gasteiger partial charge is 0.465 e. The third-order valence-corrected chi connectivity index (χ3v) is 4.44. The molecule has 0 spiro atoms. The molecule has 0 atom stereocenters. The second kappa shape index (κ2) is 8.39. The molecule has 1 amide bonds. The average molecular weight is 430 g/mol. The highest BCUT2D eigenvalue weighted by Crippen LogP contribution is 2.23. The third kappa shape index (κ3) is 3.92. The Bertz CT molecular complexity index is 852. The van der Waals surface area contributed by atoms with Gasteiger partial charge in [0.2, 0.25) is 0 Å². The Labute approximate surface area is 157 Å². The molecular weight excluding hydrogens is 412 g/mol. The topological polar surface area (TPSA) is 87.2 Å². The van der Waals surface area contributed by atoms with Gasteiger partial charge >= 0.3 is 5.97 Å². The number of ether oxygens (including phenoxy) is 1. The quantitative estimate of drug-likeness (QED) is 0.684.